The molecule has 1 aromatic rings. The second-order valence-corrected chi connectivity index (χ2v) is 2.05. The first-order chi connectivity index (χ1) is 5.77. The van der Waals surface area contributed by atoms with Crippen molar-refractivity contribution < 1.29 is 19.4 Å². The van der Waals surface area contributed by atoms with Crippen molar-refractivity contribution in [3.8, 4) is 17.2 Å². The molecule has 0 aliphatic heterocycles. The Labute approximate surface area is 69.3 Å². The molecule has 0 heterocycles. The second-order valence-electron chi connectivity index (χ2n) is 2.05. The van der Waals surface area contributed by atoms with E-state index in [-0.39, 0.29) is 11.5 Å². The van der Waals surface area contributed by atoms with Crippen molar-refractivity contribution in [3.05, 3.63) is 18.2 Å². The Bertz CT molecular complexity index is 282. The minimum Gasteiger partial charge on any atom is -0.504 e. The summed E-state index contributed by atoms with van der Waals surface area (Å²) in [6.45, 7) is 0.311. The van der Waals surface area contributed by atoms with Crippen LogP contribution in [-0.4, -0.2) is 18.7 Å². The Kier molecular flexibility index (Phi) is 2.53. The molecule has 0 unspecified atom stereocenters. The van der Waals surface area contributed by atoms with E-state index in [4.69, 9.17) is 9.84 Å². The number of aromatic hydroxyl groups is 1. The van der Waals surface area contributed by atoms with Crippen LogP contribution in [0, 0.1) is 0 Å². The Morgan fingerprint density at radius 1 is 1.50 bits per heavy atom. The molecule has 4 nitrogen and oxygen atoms in total. The molecule has 4 heteroatoms. The summed E-state index contributed by atoms with van der Waals surface area (Å²) in [6.07, 6.45) is 0. The summed E-state index contributed by atoms with van der Waals surface area (Å²) in [7, 11) is 1.42. The van der Waals surface area contributed by atoms with E-state index < -0.39 is 0 Å². The van der Waals surface area contributed by atoms with Gasteiger partial charge in [0.2, 0.25) is 0 Å². The summed E-state index contributed by atoms with van der Waals surface area (Å²) >= 11 is 0. The number of ether oxygens (including phenoxy) is 2. The number of benzene rings is 1. The minimum absolute atomic E-state index is 0.00995. The van der Waals surface area contributed by atoms with Crippen molar-refractivity contribution in [2.24, 2.45) is 0 Å². The normalized spacial score (nSPS) is 9.08. The maximum atomic E-state index is 9.93. The second kappa shape index (κ2) is 3.61. The van der Waals surface area contributed by atoms with Crippen LogP contribution in [0.5, 0.6) is 17.2 Å². The number of carbonyl (C=O) groups excluding carboxylic acids is 1. The van der Waals surface area contributed by atoms with E-state index in [1.54, 1.807) is 0 Å². The molecule has 1 N–H and O–H groups in total. The average molecular weight is 168 g/mol. The Hall–Kier alpha value is -1.71. The van der Waals surface area contributed by atoms with Crippen LogP contribution in [0.2, 0.25) is 0 Å². The lowest BCUT2D eigenvalue weighted by Gasteiger charge is -2.03. The van der Waals surface area contributed by atoms with E-state index in [1.165, 1.54) is 25.3 Å². The molecule has 1 aromatic carbocycles. The van der Waals surface area contributed by atoms with Gasteiger partial charge in [-0.05, 0) is 12.1 Å². The van der Waals surface area contributed by atoms with Crippen LogP contribution in [0.4, 0.5) is 0 Å². The van der Waals surface area contributed by atoms with Gasteiger partial charge in [-0.1, -0.05) is 0 Å². The van der Waals surface area contributed by atoms with Gasteiger partial charge in [-0.15, -0.1) is 0 Å². The molecule has 0 spiro atoms. The molecular formula is C8H8O4. The summed E-state index contributed by atoms with van der Waals surface area (Å²) in [5, 5.41) is 9.13. The lowest BCUT2D eigenvalue weighted by molar-refractivity contribution is -0.120. The van der Waals surface area contributed by atoms with E-state index in [9.17, 15) is 4.79 Å². The number of methoxy groups -OCH3 is 1. The molecule has 1 rings (SSSR count). The highest BCUT2D eigenvalue weighted by Crippen LogP contribution is 2.29. The van der Waals surface area contributed by atoms with Gasteiger partial charge < -0.3 is 14.6 Å². The third-order valence-electron chi connectivity index (χ3n) is 1.34. The summed E-state index contributed by atoms with van der Waals surface area (Å²) in [5.41, 5.74) is 0. The van der Waals surface area contributed by atoms with Gasteiger partial charge in [-0.2, -0.15) is 0 Å². The van der Waals surface area contributed by atoms with Gasteiger partial charge in [-0.3, -0.25) is 4.79 Å². The third kappa shape index (κ3) is 1.66. The zero-order valence-corrected chi connectivity index (χ0v) is 6.48. The highest BCUT2D eigenvalue weighted by Gasteiger charge is 2.02. The molecule has 0 radical (unpaired) electrons. The van der Waals surface area contributed by atoms with E-state index in [0.29, 0.717) is 12.2 Å². The first kappa shape index (κ1) is 8.39. The fourth-order valence-electron chi connectivity index (χ4n) is 0.787. The molecule has 64 valence electrons. The zero-order valence-electron chi connectivity index (χ0n) is 6.48. The largest absolute Gasteiger partial charge is 0.504 e. The van der Waals surface area contributed by atoms with Crippen molar-refractivity contribution in [2.75, 3.05) is 7.11 Å². The summed E-state index contributed by atoms with van der Waals surface area (Å²) in [4.78, 5) is 9.93. The number of phenolic OH excluding ortho intramolecular Hbond substituents is 1. The molecule has 12 heavy (non-hydrogen) atoms. The van der Waals surface area contributed by atoms with E-state index in [0.717, 1.165) is 0 Å². The van der Waals surface area contributed by atoms with Gasteiger partial charge in [0, 0.05) is 6.07 Å². The molecule has 0 atom stereocenters. The van der Waals surface area contributed by atoms with Crippen LogP contribution in [0.25, 0.3) is 0 Å². The summed E-state index contributed by atoms with van der Waals surface area (Å²) < 4.78 is 9.32. The van der Waals surface area contributed by atoms with Gasteiger partial charge in [0.05, 0.1) is 7.11 Å². The number of hydrogen-bond acceptors (Lipinski definition) is 4. The van der Waals surface area contributed by atoms with Crippen LogP contribution < -0.4 is 9.47 Å². The van der Waals surface area contributed by atoms with Gasteiger partial charge in [0.15, 0.2) is 11.5 Å². The van der Waals surface area contributed by atoms with Gasteiger partial charge in [-0.25, -0.2) is 0 Å². The van der Waals surface area contributed by atoms with Crippen molar-refractivity contribution in [2.45, 2.75) is 0 Å². The standard InChI is InChI=1S/C8H8O4/c1-11-8-4-6(12-5-9)2-3-7(8)10/h2-5,10H,1H3. The highest BCUT2D eigenvalue weighted by molar-refractivity contribution is 5.50. The molecule has 0 amide bonds. The number of carbonyl (C=O) groups is 1. The van der Waals surface area contributed by atoms with Crippen molar-refractivity contribution >= 4 is 6.47 Å². The van der Waals surface area contributed by atoms with Crippen LogP contribution >= 0.6 is 0 Å². The summed E-state index contributed by atoms with van der Waals surface area (Å²) in [5.74, 6) is 0.616. The van der Waals surface area contributed by atoms with E-state index in [2.05, 4.69) is 4.74 Å². The Morgan fingerprint density at radius 2 is 2.25 bits per heavy atom. The molecule has 0 bridgehead atoms. The maximum Gasteiger partial charge on any atom is 0.298 e. The van der Waals surface area contributed by atoms with Crippen molar-refractivity contribution in [1.29, 1.82) is 0 Å². The Morgan fingerprint density at radius 3 is 2.83 bits per heavy atom. The lowest BCUT2D eigenvalue weighted by atomic mass is 10.3. The quantitative estimate of drug-likeness (QED) is 0.682. The predicted molar refractivity (Wildman–Crippen MR) is 41.4 cm³/mol. The molecular weight excluding hydrogens is 160 g/mol. The first-order valence-electron chi connectivity index (χ1n) is 3.25. The molecule has 0 aliphatic rings. The average Bonchev–Trinajstić information content (AvgIpc) is 2.09. The minimum atomic E-state index is 0.00995. The monoisotopic (exact) mass is 168 g/mol. The lowest BCUT2D eigenvalue weighted by Crippen LogP contribution is -1.89. The van der Waals surface area contributed by atoms with E-state index in [1.807, 2.05) is 0 Å². The molecule has 0 fully saturated rings. The van der Waals surface area contributed by atoms with Gasteiger partial charge in [0.1, 0.15) is 5.75 Å². The third-order valence-corrected chi connectivity index (χ3v) is 1.34. The first-order valence-corrected chi connectivity index (χ1v) is 3.25. The van der Waals surface area contributed by atoms with Gasteiger partial charge in [0.25, 0.3) is 6.47 Å². The fraction of sp³-hybridized carbons (Fsp3) is 0.125. The van der Waals surface area contributed by atoms with Crippen LogP contribution in [0.15, 0.2) is 18.2 Å². The maximum absolute atomic E-state index is 9.93. The van der Waals surface area contributed by atoms with Crippen LogP contribution in [-0.2, 0) is 4.79 Å². The Balaban J connectivity index is 2.96. The number of rotatable bonds is 3. The van der Waals surface area contributed by atoms with Crippen LogP contribution in [0.3, 0.4) is 0 Å². The van der Waals surface area contributed by atoms with E-state index >= 15 is 0 Å². The van der Waals surface area contributed by atoms with Gasteiger partial charge >= 0.3 is 0 Å². The smallest absolute Gasteiger partial charge is 0.298 e. The number of hydrogen-bond donors (Lipinski definition) is 1. The zero-order chi connectivity index (χ0) is 8.97. The topological polar surface area (TPSA) is 55.8 Å². The fourth-order valence-corrected chi connectivity index (χ4v) is 0.787. The van der Waals surface area contributed by atoms with Crippen molar-refractivity contribution in [3.63, 3.8) is 0 Å². The van der Waals surface area contributed by atoms with Crippen LogP contribution in [0.1, 0.15) is 0 Å². The highest BCUT2D eigenvalue weighted by atomic mass is 16.5. The van der Waals surface area contributed by atoms with Crippen molar-refractivity contribution in [1.82, 2.24) is 0 Å². The molecule has 0 saturated heterocycles. The number of phenols is 1. The SMILES string of the molecule is COc1cc(OC=O)ccc1O. The molecule has 0 aromatic heterocycles. The molecule has 0 saturated carbocycles. The summed E-state index contributed by atoms with van der Waals surface area (Å²) in [6, 6.07) is 4.27. The molecule has 0 aliphatic carbocycles. The predicted octanol–water partition coefficient (Wildman–Crippen LogP) is 0.936.